The van der Waals surface area contributed by atoms with Crippen molar-refractivity contribution in [2.24, 2.45) is 0 Å². The van der Waals surface area contributed by atoms with Crippen LogP contribution in [0.3, 0.4) is 0 Å². The smallest absolute Gasteiger partial charge is 0.122 e. The molecule has 0 fully saturated rings. The van der Waals surface area contributed by atoms with Gasteiger partial charge in [0.15, 0.2) is 0 Å². The summed E-state index contributed by atoms with van der Waals surface area (Å²) in [5.74, 6) is 0.870. The molecule has 0 aliphatic heterocycles. The van der Waals surface area contributed by atoms with Crippen LogP contribution in [0.15, 0.2) is 35.9 Å². The van der Waals surface area contributed by atoms with Gasteiger partial charge >= 0.3 is 0 Å². The number of aliphatic hydroxyl groups is 1. The molecule has 1 atom stereocenters. The molecule has 1 aromatic carbocycles. The van der Waals surface area contributed by atoms with E-state index in [4.69, 9.17) is 4.74 Å². The van der Waals surface area contributed by atoms with Gasteiger partial charge in [0.05, 0.1) is 13.2 Å². The van der Waals surface area contributed by atoms with Crippen LogP contribution in [0, 0.1) is 0 Å². The van der Waals surface area contributed by atoms with Gasteiger partial charge in [-0.2, -0.15) is 0 Å². The molecule has 0 aromatic heterocycles. The third-order valence-electron chi connectivity index (χ3n) is 3.53. The van der Waals surface area contributed by atoms with Crippen molar-refractivity contribution in [2.45, 2.75) is 44.6 Å². The van der Waals surface area contributed by atoms with Crippen molar-refractivity contribution in [3.8, 4) is 5.75 Å². The fourth-order valence-electron chi connectivity index (χ4n) is 2.59. The van der Waals surface area contributed by atoms with Gasteiger partial charge in [0.2, 0.25) is 0 Å². The number of methoxy groups -OCH3 is 1. The van der Waals surface area contributed by atoms with Crippen LogP contribution in [-0.4, -0.2) is 18.3 Å². The number of hydrogen-bond donors (Lipinski definition) is 1. The minimum Gasteiger partial charge on any atom is -0.496 e. The van der Waals surface area contributed by atoms with E-state index in [1.165, 1.54) is 24.8 Å². The maximum absolute atomic E-state index is 10.2. The fraction of sp³-hybridized carbons (Fsp3) is 0.500. The molecule has 2 rings (SSSR count). The Kier molecular flexibility index (Phi) is 4.82. The van der Waals surface area contributed by atoms with Gasteiger partial charge in [0.25, 0.3) is 0 Å². The van der Waals surface area contributed by atoms with Gasteiger partial charge in [-0.3, -0.25) is 0 Å². The van der Waals surface area contributed by atoms with Gasteiger partial charge < -0.3 is 9.84 Å². The van der Waals surface area contributed by atoms with E-state index < -0.39 is 0 Å². The summed E-state index contributed by atoms with van der Waals surface area (Å²) in [7, 11) is 1.68. The lowest BCUT2D eigenvalue weighted by Crippen LogP contribution is -2.13. The van der Waals surface area contributed by atoms with Crippen molar-refractivity contribution in [3.63, 3.8) is 0 Å². The minimum atomic E-state index is -0.300. The Morgan fingerprint density at radius 2 is 2.06 bits per heavy atom. The zero-order valence-electron chi connectivity index (χ0n) is 11.1. The molecular formula is C16H22O2. The largest absolute Gasteiger partial charge is 0.496 e. The molecule has 0 spiro atoms. The molecule has 0 radical (unpaired) electrons. The summed E-state index contributed by atoms with van der Waals surface area (Å²) < 4.78 is 5.31. The Hall–Kier alpha value is -1.28. The Balaban J connectivity index is 1.94. The number of aliphatic hydroxyl groups excluding tert-OH is 1. The van der Waals surface area contributed by atoms with Crippen LogP contribution in [-0.2, 0) is 6.42 Å². The van der Waals surface area contributed by atoms with Crippen LogP contribution in [0.25, 0.3) is 0 Å². The zero-order valence-corrected chi connectivity index (χ0v) is 11.1. The van der Waals surface area contributed by atoms with Crippen LogP contribution in [0.1, 0.15) is 37.7 Å². The molecule has 1 aromatic rings. The fourth-order valence-corrected chi connectivity index (χ4v) is 2.59. The average molecular weight is 246 g/mol. The van der Waals surface area contributed by atoms with Crippen LogP contribution >= 0.6 is 0 Å². The molecule has 1 N–H and O–H groups in total. The lowest BCUT2D eigenvalue weighted by molar-refractivity contribution is 0.172. The lowest BCUT2D eigenvalue weighted by Gasteiger charge is -2.17. The second kappa shape index (κ2) is 6.60. The van der Waals surface area contributed by atoms with Gasteiger partial charge in [0, 0.05) is 6.42 Å². The van der Waals surface area contributed by atoms with E-state index in [-0.39, 0.29) is 6.10 Å². The predicted octanol–water partition coefficient (Wildman–Crippen LogP) is 3.49. The lowest BCUT2D eigenvalue weighted by atomic mass is 9.93. The number of allylic oxidation sites excluding steroid dienone is 1. The zero-order chi connectivity index (χ0) is 12.8. The first-order chi connectivity index (χ1) is 8.79. The van der Waals surface area contributed by atoms with E-state index in [1.54, 1.807) is 7.11 Å². The highest BCUT2D eigenvalue weighted by atomic mass is 16.5. The Labute approximate surface area is 109 Å². The topological polar surface area (TPSA) is 29.5 Å². The summed E-state index contributed by atoms with van der Waals surface area (Å²) in [4.78, 5) is 0. The quantitative estimate of drug-likeness (QED) is 0.806. The Morgan fingerprint density at radius 3 is 2.78 bits per heavy atom. The summed E-state index contributed by atoms with van der Waals surface area (Å²) >= 11 is 0. The molecular weight excluding hydrogens is 224 g/mol. The van der Waals surface area contributed by atoms with Crippen molar-refractivity contribution >= 4 is 0 Å². The van der Waals surface area contributed by atoms with Crippen LogP contribution < -0.4 is 4.74 Å². The molecule has 1 aliphatic carbocycles. The molecule has 98 valence electrons. The highest BCUT2D eigenvalue weighted by molar-refractivity contribution is 5.33. The second-order valence-electron chi connectivity index (χ2n) is 4.98. The average Bonchev–Trinajstić information content (AvgIpc) is 2.40. The van der Waals surface area contributed by atoms with Crippen molar-refractivity contribution in [1.82, 2.24) is 0 Å². The van der Waals surface area contributed by atoms with Crippen molar-refractivity contribution in [3.05, 3.63) is 41.5 Å². The molecule has 1 unspecified atom stereocenters. The number of ether oxygens (including phenoxy) is 1. The number of para-hydroxylation sites is 1. The molecule has 0 bridgehead atoms. The number of benzene rings is 1. The van der Waals surface area contributed by atoms with Crippen LogP contribution in [0.2, 0.25) is 0 Å². The Bertz CT molecular complexity index is 409. The monoisotopic (exact) mass is 246 g/mol. The SMILES string of the molecule is COc1ccccc1CC(O)CC1=CCCCC1. The van der Waals surface area contributed by atoms with E-state index in [1.807, 2.05) is 24.3 Å². The summed E-state index contributed by atoms with van der Waals surface area (Å²) in [6, 6.07) is 7.92. The summed E-state index contributed by atoms with van der Waals surface area (Å²) in [6.45, 7) is 0. The number of hydrogen-bond acceptors (Lipinski definition) is 2. The van der Waals surface area contributed by atoms with Gasteiger partial charge in [0.1, 0.15) is 5.75 Å². The molecule has 2 heteroatoms. The summed E-state index contributed by atoms with van der Waals surface area (Å²) in [5, 5.41) is 10.2. The van der Waals surface area contributed by atoms with Gasteiger partial charge in [-0.15, -0.1) is 0 Å². The number of rotatable bonds is 5. The highest BCUT2D eigenvalue weighted by Crippen LogP contribution is 2.24. The molecule has 18 heavy (non-hydrogen) atoms. The standard InChI is InChI=1S/C16H22O2/c1-18-16-10-6-5-9-14(16)12-15(17)11-13-7-3-2-4-8-13/h5-7,9-10,15,17H,2-4,8,11-12H2,1H3. The van der Waals surface area contributed by atoms with E-state index in [0.29, 0.717) is 6.42 Å². The molecule has 2 nitrogen and oxygen atoms in total. The first-order valence-corrected chi connectivity index (χ1v) is 6.77. The van der Waals surface area contributed by atoms with Crippen LogP contribution in [0.4, 0.5) is 0 Å². The van der Waals surface area contributed by atoms with E-state index in [2.05, 4.69) is 6.08 Å². The predicted molar refractivity (Wildman–Crippen MR) is 73.9 cm³/mol. The first-order valence-electron chi connectivity index (χ1n) is 6.77. The normalized spacial score (nSPS) is 17.1. The maximum atomic E-state index is 10.2. The third-order valence-corrected chi connectivity index (χ3v) is 3.53. The van der Waals surface area contributed by atoms with Crippen molar-refractivity contribution in [2.75, 3.05) is 7.11 Å². The molecule has 0 saturated carbocycles. The van der Waals surface area contributed by atoms with Gasteiger partial charge in [-0.25, -0.2) is 0 Å². The second-order valence-corrected chi connectivity index (χ2v) is 4.98. The minimum absolute atomic E-state index is 0.300. The van der Waals surface area contributed by atoms with Gasteiger partial charge in [-0.1, -0.05) is 29.8 Å². The van der Waals surface area contributed by atoms with Crippen LogP contribution in [0.5, 0.6) is 5.75 Å². The van der Waals surface area contributed by atoms with E-state index in [9.17, 15) is 5.11 Å². The summed E-state index contributed by atoms with van der Waals surface area (Å²) in [6.07, 6.45) is 8.37. The maximum Gasteiger partial charge on any atom is 0.122 e. The summed E-state index contributed by atoms with van der Waals surface area (Å²) in [5.41, 5.74) is 2.51. The van der Waals surface area contributed by atoms with Crippen molar-refractivity contribution < 1.29 is 9.84 Å². The first kappa shape index (κ1) is 13.2. The Morgan fingerprint density at radius 1 is 1.22 bits per heavy atom. The van der Waals surface area contributed by atoms with Gasteiger partial charge in [-0.05, 0) is 43.7 Å². The molecule has 0 heterocycles. The van der Waals surface area contributed by atoms with Crippen molar-refractivity contribution in [1.29, 1.82) is 0 Å². The highest BCUT2D eigenvalue weighted by Gasteiger charge is 2.13. The molecule has 0 saturated heterocycles. The third kappa shape index (κ3) is 3.61. The molecule has 1 aliphatic rings. The van der Waals surface area contributed by atoms with E-state index >= 15 is 0 Å². The molecule has 0 amide bonds. The van der Waals surface area contributed by atoms with E-state index in [0.717, 1.165) is 24.2 Å².